The largest absolute Gasteiger partial charge is 0.508 e. The van der Waals surface area contributed by atoms with Crippen LogP contribution in [0.4, 0.5) is 0 Å². The molecule has 0 bridgehead atoms. The van der Waals surface area contributed by atoms with Crippen LogP contribution in [0, 0.1) is 6.92 Å². The first-order valence-electron chi connectivity index (χ1n) is 9.81. The van der Waals surface area contributed by atoms with Gasteiger partial charge in [0.2, 0.25) is 0 Å². The highest BCUT2D eigenvalue weighted by Gasteiger charge is 2.13. The molecule has 8 nitrogen and oxygen atoms in total. The van der Waals surface area contributed by atoms with Crippen LogP contribution in [0.3, 0.4) is 0 Å². The van der Waals surface area contributed by atoms with E-state index in [1.54, 1.807) is 63.6 Å². The maximum Gasteiger partial charge on any atom is 0.345 e. The molecule has 8 heteroatoms. The van der Waals surface area contributed by atoms with Crippen molar-refractivity contribution in [2.45, 2.75) is 6.92 Å². The van der Waals surface area contributed by atoms with Crippen LogP contribution in [0.2, 0.25) is 0 Å². The lowest BCUT2D eigenvalue weighted by Gasteiger charge is -2.14. The van der Waals surface area contributed by atoms with Crippen molar-refractivity contribution < 1.29 is 24.1 Å². The predicted molar refractivity (Wildman–Crippen MR) is 117 cm³/mol. The first kappa shape index (κ1) is 22.3. The summed E-state index contributed by atoms with van der Waals surface area (Å²) >= 11 is 0. The second-order valence-corrected chi connectivity index (χ2v) is 6.83. The zero-order valence-corrected chi connectivity index (χ0v) is 17.8. The number of aromatic nitrogens is 2. The van der Waals surface area contributed by atoms with E-state index in [1.165, 1.54) is 0 Å². The number of nitrogens with one attached hydrogen (secondary N) is 1. The van der Waals surface area contributed by atoms with Gasteiger partial charge >= 0.3 is 5.69 Å². The fourth-order valence-electron chi connectivity index (χ4n) is 2.98. The molecule has 0 fully saturated rings. The Morgan fingerprint density at radius 2 is 1.68 bits per heavy atom. The molecular formula is C23H26N2O6. The number of hydrogen-bond donors (Lipinski definition) is 2. The van der Waals surface area contributed by atoms with Crippen LogP contribution in [0.25, 0.3) is 22.5 Å². The van der Waals surface area contributed by atoms with Gasteiger partial charge in [-0.05, 0) is 55.0 Å². The SMILES string of the molecule is COCCOc1ccc(OCCOC)c(-c2cc(-c3ccc(O)c(C)c3)nc(=O)[nH]2)c1. The van der Waals surface area contributed by atoms with Crippen LogP contribution in [-0.2, 0) is 9.47 Å². The van der Waals surface area contributed by atoms with Crippen LogP contribution < -0.4 is 15.2 Å². The van der Waals surface area contributed by atoms with E-state index in [1.807, 2.05) is 0 Å². The Morgan fingerprint density at radius 3 is 2.39 bits per heavy atom. The summed E-state index contributed by atoms with van der Waals surface area (Å²) in [6, 6.07) is 12.2. The Balaban J connectivity index is 2.03. The van der Waals surface area contributed by atoms with Crippen molar-refractivity contribution in [2.75, 3.05) is 40.6 Å². The Hall–Kier alpha value is -3.36. The summed E-state index contributed by atoms with van der Waals surface area (Å²) in [5, 5.41) is 9.80. The van der Waals surface area contributed by atoms with Crippen molar-refractivity contribution in [3.05, 3.63) is 58.5 Å². The van der Waals surface area contributed by atoms with Crippen LogP contribution in [-0.4, -0.2) is 55.7 Å². The van der Waals surface area contributed by atoms with E-state index in [0.29, 0.717) is 60.4 Å². The molecule has 164 valence electrons. The first-order valence-corrected chi connectivity index (χ1v) is 9.81. The summed E-state index contributed by atoms with van der Waals surface area (Å²) in [4.78, 5) is 19.2. The first-order chi connectivity index (χ1) is 15.0. The molecule has 0 aliphatic heterocycles. The number of benzene rings is 2. The highest BCUT2D eigenvalue weighted by molar-refractivity contribution is 5.73. The third kappa shape index (κ3) is 5.84. The zero-order valence-electron chi connectivity index (χ0n) is 17.8. The molecule has 0 spiro atoms. The van der Waals surface area contributed by atoms with Crippen LogP contribution in [0.15, 0.2) is 47.3 Å². The fraction of sp³-hybridized carbons (Fsp3) is 0.304. The molecule has 2 N–H and O–H groups in total. The van der Waals surface area contributed by atoms with Gasteiger partial charge in [-0.2, -0.15) is 4.98 Å². The quantitative estimate of drug-likeness (QED) is 0.480. The van der Waals surface area contributed by atoms with Crippen LogP contribution >= 0.6 is 0 Å². The normalized spacial score (nSPS) is 10.8. The minimum Gasteiger partial charge on any atom is -0.508 e. The molecule has 31 heavy (non-hydrogen) atoms. The van der Waals surface area contributed by atoms with Gasteiger partial charge in [-0.15, -0.1) is 0 Å². The molecule has 0 aliphatic carbocycles. The van der Waals surface area contributed by atoms with Gasteiger partial charge in [0.05, 0.1) is 24.6 Å². The van der Waals surface area contributed by atoms with Crippen LogP contribution in [0.1, 0.15) is 5.56 Å². The summed E-state index contributed by atoms with van der Waals surface area (Å²) in [6.45, 7) is 3.42. The number of rotatable bonds is 10. The highest BCUT2D eigenvalue weighted by Crippen LogP contribution is 2.34. The van der Waals surface area contributed by atoms with Gasteiger partial charge in [0.15, 0.2) is 0 Å². The Kier molecular flexibility index (Phi) is 7.64. The summed E-state index contributed by atoms with van der Waals surface area (Å²) in [6.07, 6.45) is 0. The average Bonchev–Trinajstić information content (AvgIpc) is 2.76. The number of H-pyrrole nitrogens is 1. The maximum absolute atomic E-state index is 12.4. The van der Waals surface area contributed by atoms with E-state index in [-0.39, 0.29) is 5.75 Å². The fourth-order valence-corrected chi connectivity index (χ4v) is 2.98. The Morgan fingerprint density at radius 1 is 0.935 bits per heavy atom. The van der Waals surface area contributed by atoms with Gasteiger partial charge < -0.3 is 29.0 Å². The number of phenols is 1. The highest BCUT2D eigenvalue weighted by atomic mass is 16.5. The molecule has 0 atom stereocenters. The standard InChI is InChI=1S/C23H26N2O6/c1-15-12-16(4-6-21(15)26)19-14-20(25-23(27)24-19)18-13-17(30-10-8-28-2)5-7-22(18)31-11-9-29-3/h4-7,12-14,26H,8-11H2,1-3H3,(H,24,25,27). The lowest BCUT2D eigenvalue weighted by Crippen LogP contribution is -2.13. The van der Waals surface area contributed by atoms with Crippen LogP contribution in [0.5, 0.6) is 17.2 Å². The van der Waals surface area contributed by atoms with E-state index in [2.05, 4.69) is 9.97 Å². The van der Waals surface area contributed by atoms with Gasteiger partial charge in [0, 0.05) is 25.3 Å². The number of phenolic OH excluding ortho intramolecular Hbond substituents is 1. The Labute approximate surface area is 180 Å². The molecule has 0 radical (unpaired) electrons. The van der Waals surface area contributed by atoms with Gasteiger partial charge in [-0.25, -0.2) is 4.79 Å². The number of aromatic hydroxyl groups is 1. The van der Waals surface area contributed by atoms with Gasteiger partial charge in [-0.1, -0.05) is 0 Å². The third-order valence-corrected chi connectivity index (χ3v) is 4.58. The molecule has 1 aromatic heterocycles. The average molecular weight is 426 g/mol. The molecule has 3 rings (SSSR count). The minimum absolute atomic E-state index is 0.184. The molecule has 0 saturated carbocycles. The second kappa shape index (κ2) is 10.6. The monoisotopic (exact) mass is 426 g/mol. The molecule has 0 aliphatic rings. The molecule has 2 aromatic carbocycles. The summed E-state index contributed by atoms with van der Waals surface area (Å²) in [5.74, 6) is 1.38. The topological polar surface area (TPSA) is 103 Å². The van der Waals surface area contributed by atoms with Crippen molar-refractivity contribution in [1.82, 2.24) is 9.97 Å². The predicted octanol–water partition coefficient (Wildman–Crippen LogP) is 3.17. The number of hydrogen-bond acceptors (Lipinski definition) is 7. The van der Waals surface area contributed by atoms with E-state index in [0.717, 1.165) is 5.56 Å². The lowest BCUT2D eigenvalue weighted by molar-refractivity contribution is 0.144. The van der Waals surface area contributed by atoms with Gasteiger partial charge in [-0.3, -0.25) is 0 Å². The van der Waals surface area contributed by atoms with E-state index >= 15 is 0 Å². The number of aromatic amines is 1. The molecule has 3 aromatic rings. The smallest absolute Gasteiger partial charge is 0.345 e. The second-order valence-electron chi connectivity index (χ2n) is 6.83. The van der Waals surface area contributed by atoms with Crippen molar-refractivity contribution >= 4 is 0 Å². The molecule has 0 amide bonds. The van der Waals surface area contributed by atoms with Crippen molar-refractivity contribution in [3.8, 4) is 39.8 Å². The van der Waals surface area contributed by atoms with Crippen molar-refractivity contribution in [2.24, 2.45) is 0 Å². The molecule has 1 heterocycles. The number of methoxy groups -OCH3 is 2. The van der Waals surface area contributed by atoms with E-state index in [9.17, 15) is 9.90 Å². The summed E-state index contributed by atoms with van der Waals surface area (Å²) < 4.78 is 21.7. The van der Waals surface area contributed by atoms with E-state index in [4.69, 9.17) is 18.9 Å². The number of ether oxygens (including phenoxy) is 4. The summed E-state index contributed by atoms with van der Waals surface area (Å²) in [5.41, 5.74) is 2.59. The zero-order chi connectivity index (χ0) is 22.2. The lowest BCUT2D eigenvalue weighted by atomic mass is 10.0. The van der Waals surface area contributed by atoms with E-state index < -0.39 is 5.69 Å². The maximum atomic E-state index is 12.4. The summed E-state index contributed by atoms with van der Waals surface area (Å²) in [7, 11) is 3.21. The number of aryl methyl sites for hydroxylation is 1. The Bertz CT molecular complexity index is 1080. The van der Waals surface area contributed by atoms with Gasteiger partial charge in [0.25, 0.3) is 0 Å². The molecule has 0 saturated heterocycles. The number of nitrogens with zero attached hydrogens (tertiary/aromatic N) is 1. The van der Waals surface area contributed by atoms with Crippen molar-refractivity contribution in [1.29, 1.82) is 0 Å². The molecular weight excluding hydrogens is 400 g/mol. The van der Waals surface area contributed by atoms with Crippen molar-refractivity contribution in [3.63, 3.8) is 0 Å². The minimum atomic E-state index is -0.494. The third-order valence-electron chi connectivity index (χ3n) is 4.58. The molecule has 0 unspecified atom stereocenters. The van der Waals surface area contributed by atoms with Gasteiger partial charge in [0.1, 0.15) is 30.5 Å².